The van der Waals surface area contributed by atoms with Gasteiger partial charge in [0.05, 0.1) is 11.9 Å². The summed E-state index contributed by atoms with van der Waals surface area (Å²) in [6, 6.07) is 0. The summed E-state index contributed by atoms with van der Waals surface area (Å²) < 4.78 is 35.0. The van der Waals surface area contributed by atoms with Gasteiger partial charge in [0, 0.05) is 6.26 Å². The van der Waals surface area contributed by atoms with Crippen LogP contribution in [0.5, 0.6) is 0 Å². The summed E-state index contributed by atoms with van der Waals surface area (Å²) in [7, 11) is -2.87. The summed E-state index contributed by atoms with van der Waals surface area (Å²) >= 11 is 0. The number of hydrogen-bond donors (Lipinski definition) is 0. The molecule has 0 aromatic rings. The lowest BCUT2D eigenvalue weighted by Gasteiger charge is -2.26. The van der Waals surface area contributed by atoms with Crippen LogP contribution >= 0.6 is 0 Å². The maximum atomic E-state index is 12.2. The Morgan fingerprint density at radius 1 is 1.21 bits per heavy atom. The first-order valence-electron chi connectivity index (χ1n) is 5.27. The Kier molecular flexibility index (Phi) is 2.58. The molecule has 4 unspecified atom stereocenters. The summed E-state index contributed by atoms with van der Waals surface area (Å²) in [5.41, 5.74) is 0. The molecule has 2 rings (SSSR count). The van der Waals surface area contributed by atoms with Gasteiger partial charge in [-0.05, 0) is 43.4 Å². The Bertz CT molecular complexity index is 312. The van der Waals surface area contributed by atoms with Crippen LogP contribution in [0.25, 0.3) is 0 Å². The first kappa shape index (κ1) is 10.4. The summed E-state index contributed by atoms with van der Waals surface area (Å²) in [5, 5.41) is -0.122. The van der Waals surface area contributed by atoms with E-state index in [4.69, 9.17) is 0 Å². The van der Waals surface area contributed by atoms with Gasteiger partial charge in [0.1, 0.15) is 0 Å². The zero-order valence-electron chi connectivity index (χ0n) is 8.45. The Balaban J connectivity index is 2.03. The lowest BCUT2D eigenvalue weighted by Crippen LogP contribution is -2.29. The van der Waals surface area contributed by atoms with Crippen molar-refractivity contribution in [2.45, 2.75) is 30.9 Å². The molecular weight excluding hydrogens is 203 g/mol. The Morgan fingerprint density at radius 3 is 2.36 bits per heavy atom. The maximum absolute atomic E-state index is 12.2. The molecule has 0 N–H and O–H groups in total. The lowest BCUT2D eigenvalue weighted by atomic mass is 9.86. The van der Waals surface area contributed by atoms with Crippen LogP contribution in [0.1, 0.15) is 25.7 Å². The molecule has 0 aromatic heterocycles. The van der Waals surface area contributed by atoms with Crippen LogP contribution in [0.15, 0.2) is 0 Å². The molecule has 0 amide bonds. The van der Waals surface area contributed by atoms with Crippen molar-refractivity contribution in [2.24, 2.45) is 17.8 Å². The summed E-state index contributed by atoms with van der Waals surface area (Å²) in [5.74, 6) is 1.27. The van der Waals surface area contributed by atoms with Crippen molar-refractivity contribution in [3.05, 3.63) is 0 Å². The average molecular weight is 220 g/mol. The fourth-order valence-electron chi connectivity index (χ4n) is 3.36. The quantitative estimate of drug-likeness (QED) is 0.727. The third kappa shape index (κ3) is 1.69. The van der Waals surface area contributed by atoms with Crippen LogP contribution in [0.3, 0.4) is 0 Å². The van der Waals surface area contributed by atoms with Crippen molar-refractivity contribution in [2.75, 3.05) is 12.9 Å². The normalized spacial score (nSPS) is 41.9. The minimum Gasteiger partial charge on any atom is -0.251 e. The second-order valence-electron chi connectivity index (χ2n) is 4.83. The highest BCUT2D eigenvalue weighted by molar-refractivity contribution is 7.91. The van der Waals surface area contributed by atoms with Crippen molar-refractivity contribution in [1.82, 2.24) is 0 Å². The van der Waals surface area contributed by atoms with Gasteiger partial charge in [0.25, 0.3) is 0 Å². The summed E-state index contributed by atoms with van der Waals surface area (Å²) in [4.78, 5) is 0. The minimum absolute atomic E-state index is 0.122. The fraction of sp³-hybridized carbons (Fsp3) is 1.00. The van der Waals surface area contributed by atoms with E-state index in [0.717, 1.165) is 19.3 Å². The smallest absolute Gasteiger partial charge is 0.150 e. The molecule has 2 fully saturated rings. The van der Waals surface area contributed by atoms with E-state index < -0.39 is 9.84 Å². The van der Waals surface area contributed by atoms with Gasteiger partial charge in [0.15, 0.2) is 9.84 Å². The zero-order chi connectivity index (χ0) is 10.3. The van der Waals surface area contributed by atoms with Crippen molar-refractivity contribution in [3.8, 4) is 0 Å². The van der Waals surface area contributed by atoms with E-state index in [9.17, 15) is 12.8 Å². The molecule has 0 aromatic carbocycles. The average Bonchev–Trinajstić information content (AvgIpc) is 2.61. The highest BCUT2D eigenvalue weighted by atomic mass is 32.2. The molecule has 82 valence electrons. The lowest BCUT2D eigenvalue weighted by molar-refractivity contribution is 0.284. The van der Waals surface area contributed by atoms with Crippen LogP contribution < -0.4 is 0 Å². The molecular formula is C10H17FO2S. The molecule has 0 heterocycles. The first-order chi connectivity index (χ1) is 6.52. The number of halogens is 1. The van der Waals surface area contributed by atoms with Crippen LogP contribution in [0, 0.1) is 17.8 Å². The SMILES string of the molecule is CS(=O)(=O)C1CC2CC1CC2CCF. The van der Waals surface area contributed by atoms with Crippen LogP contribution in [-0.4, -0.2) is 26.6 Å². The van der Waals surface area contributed by atoms with Gasteiger partial charge in [-0.15, -0.1) is 0 Å². The third-order valence-corrected chi connectivity index (χ3v) is 5.65. The predicted molar refractivity (Wildman–Crippen MR) is 53.5 cm³/mol. The van der Waals surface area contributed by atoms with E-state index in [1.54, 1.807) is 0 Å². The minimum atomic E-state index is -2.87. The molecule has 2 bridgehead atoms. The largest absolute Gasteiger partial charge is 0.251 e. The molecule has 2 aliphatic rings. The van der Waals surface area contributed by atoms with Gasteiger partial charge < -0.3 is 0 Å². The van der Waals surface area contributed by atoms with E-state index >= 15 is 0 Å². The van der Waals surface area contributed by atoms with E-state index in [1.807, 2.05) is 0 Å². The molecule has 4 atom stereocenters. The highest BCUT2D eigenvalue weighted by Gasteiger charge is 2.48. The van der Waals surface area contributed by atoms with Crippen molar-refractivity contribution in [1.29, 1.82) is 0 Å². The molecule has 14 heavy (non-hydrogen) atoms. The predicted octanol–water partition coefficient (Wildman–Crippen LogP) is 1.81. The topological polar surface area (TPSA) is 34.1 Å². The van der Waals surface area contributed by atoms with Crippen molar-refractivity contribution >= 4 is 9.84 Å². The monoisotopic (exact) mass is 220 g/mol. The second kappa shape index (κ2) is 3.47. The molecule has 2 nitrogen and oxygen atoms in total. The molecule has 4 heteroatoms. The Morgan fingerprint density at radius 2 is 1.93 bits per heavy atom. The molecule has 0 aliphatic heterocycles. The van der Waals surface area contributed by atoms with Gasteiger partial charge in [-0.3, -0.25) is 4.39 Å². The van der Waals surface area contributed by atoms with Gasteiger partial charge in [-0.25, -0.2) is 8.42 Å². The summed E-state index contributed by atoms with van der Waals surface area (Å²) in [6.07, 6.45) is 4.71. The first-order valence-corrected chi connectivity index (χ1v) is 7.22. The van der Waals surface area contributed by atoms with Gasteiger partial charge in [0.2, 0.25) is 0 Å². The Labute approximate surface area is 84.8 Å². The highest BCUT2D eigenvalue weighted by Crippen LogP contribution is 2.51. The fourth-order valence-corrected chi connectivity index (χ4v) is 4.88. The number of alkyl halides is 1. The van der Waals surface area contributed by atoms with Crippen molar-refractivity contribution in [3.63, 3.8) is 0 Å². The number of fused-ring (bicyclic) bond motifs is 2. The molecule has 0 spiro atoms. The number of hydrogen-bond acceptors (Lipinski definition) is 2. The summed E-state index contributed by atoms with van der Waals surface area (Å²) in [6.45, 7) is -0.253. The van der Waals surface area contributed by atoms with Gasteiger partial charge in [-0.2, -0.15) is 0 Å². The maximum Gasteiger partial charge on any atom is 0.150 e. The molecule has 2 saturated carbocycles. The van der Waals surface area contributed by atoms with E-state index in [0.29, 0.717) is 24.2 Å². The van der Waals surface area contributed by atoms with Gasteiger partial charge >= 0.3 is 0 Å². The van der Waals surface area contributed by atoms with Crippen LogP contribution in [0.2, 0.25) is 0 Å². The van der Waals surface area contributed by atoms with Crippen LogP contribution in [-0.2, 0) is 9.84 Å². The zero-order valence-corrected chi connectivity index (χ0v) is 9.26. The molecule has 0 saturated heterocycles. The van der Waals surface area contributed by atoms with E-state index in [1.165, 1.54) is 6.26 Å². The molecule has 2 aliphatic carbocycles. The van der Waals surface area contributed by atoms with Gasteiger partial charge in [-0.1, -0.05) is 0 Å². The van der Waals surface area contributed by atoms with E-state index in [2.05, 4.69) is 0 Å². The van der Waals surface area contributed by atoms with E-state index in [-0.39, 0.29) is 11.9 Å². The van der Waals surface area contributed by atoms with Crippen LogP contribution in [0.4, 0.5) is 4.39 Å². The molecule has 0 radical (unpaired) electrons. The standard InChI is InChI=1S/C10H17FO2S/c1-14(12,13)10-6-8-5-9(10)4-7(8)2-3-11/h7-10H,2-6H2,1H3. The van der Waals surface area contributed by atoms with Crippen molar-refractivity contribution < 1.29 is 12.8 Å². The number of sulfone groups is 1. The third-order valence-electron chi connectivity index (χ3n) is 3.97. The second-order valence-corrected chi connectivity index (χ2v) is 7.10. The number of rotatable bonds is 3. The Hall–Kier alpha value is -0.120.